The van der Waals surface area contributed by atoms with E-state index in [2.05, 4.69) is 72.0 Å². The second kappa shape index (κ2) is 12.6. The van der Waals surface area contributed by atoms with Crippen molar-refractivity contribution in [3.8, 4) is 6.01 Å². The largest absolute Gasteiger partial charge is 0.462 e. The highest BCUT2D eigenvalue weighted by molar-refractivity contribution is 5.97. The maximum absolute atomic E-state index is 13.0. The maximum Gasteiger partial charge on any atom is 0.410 e. The molecule has 4 heterocycles. The zero-order valence-corrected chi connectivity index (χ0v) is 26.5. The van der Waals surface area contributed by atoms with E-state index < -0.39 is 0 Å². The lowest BCUT2D eigenvalue weighted by Gasteiger charge is -2.40. The van der Waals surface area contributed by atoms with Crippen LogP contribution in [0.25, 0.3) is 10.8 Å². The highest BCUT2D eigenvalue weighted by atomic mass is 16.6. The summed E-state index contributed by atoms with van der Waals surface area (Å²) in [5, 5.41) is 2.52. The molecule has 3 aromatic carbocycles. The monoisotopic (exact) mass is 606 g/mol. The van der Waals surface area contributed by atoms with E-state index in [0.717, 1.165) is 42.1 Å². The molecule has 0 unspecified atom stereocenters. The van der Waals surface area contributed by atoms with Crippen molar-refractivity contribution in [3.05, 3.63) is 89.1 Å². The fraction of sp³-hybridized carbons (Fsp3) is 0.417. The molecule has 7 rings (SSSR count). The molecule has 9 nitrogen and oxygen atoms in total. The van der Waals surface area contributed by atoms with Crippen LogP contribution in [0, 0.1) is 6.92 Å². The van der Waals surface area contributed by atoms with Crippen molar-refractivity contribution < 1.29 is 14.3 Å². The lowest BCUT2D eigenvalue weighted by atomic mass is 10.0. The van der Waals surface area contributed by atoms with Crippen molar-refractivity contribution >= 4 is 28.4 Å². The minimum absolute atomic E-state index is 0.0460. The van der Waals surface area contributed by atoms with Crippen LogP contribution in [0.3, 0.4) is 0 Å². The van der Waals surface area contributed by atoms with E-state index in [1.807, 2.05) is 35.2 Å². The number of hydrogen-bond acceptors (Lipinski definition) is 8. The normalized spacial score (nSPS) is 20.1. The Morgan fingerprint density at radius 1 is 0.956 bits per heavy atom. The third-order valence-electron chi connectivity index (χ3n) is 9.61. The number of aromatic nitrogens is 2. The van der Waals surface area contributed by atoms with Crippen molar-refractivity contribution in [2.75, 3.05) is 49.6 Å². The summed E-state index contributed by atoms with van der Waals surface area (Å²) >= 11 is 0. The number of rotatable bonds is 7. The number of nitrogens with zero attached hydrogens (tertiary/aromatic N) is 6. The summed E-state index contributed by atoms with van der Waals surface area (Å²) in [7, 11) is 2.16. The standard InChI is InChI=1S/C36H42N6O3/c1-25-10-7-13-28-14-8-16-32(33(25)28)41-21-30-31(22-41)37-35(44-24-29-15-9-17-39(29)3)38-34(30)42-19-18-40(20-26(42)2)36(43)45-23-27-11-5-4-6-12-27/h4-8,10-14,16,26,29H,9,15,17-24H2,1-3H3/t26-,29-/m0/s1. The third kappa shape index (κ3) is 6.01. The van der Waals surface area contributed by atoms with Gasteiger partial charge in [0.05, 0.1) is 12.2 Å². The second-order valence-corrected chi connectivity index (χ2v) is 12.7. The van der Waals surface area contributed by atoms with Crippen LogP contribution < -0.4 is 14.5 Å². The molecule has 2 fully saturated rings. The Morgan fingerprint density at radius 2 is 1.78 bits per heavy atom. The minimum atomic E-state index is -0.277. The van der Waals surface area contributed by atoms with Crippen molar-refractivity contribution in [1.82, 2.24) is 19.8 Å². The van der Waals surface area contributed by atoms with E-state index in [1.54, 1.807) is 0 Å². The highest BCUT2D eigenvalue weighted by Gasteiger charge is 2.35. The van der Waals surface area contributed by atoms with Gasteiger partial charge < -0.3 is 29.1 Å². The molecule has 1 amide bonds. The first-order valence-corrected chi connectivity index (χ1v) is 16.1. The van der Waals surface area contributed by atoms with Crippen LogP contribution in [0.15, 0.2) is 66.7 Å². The maximum atomic E-state index is 13.0. The van der Waals surface area contributed by atoms with E-state index in [9.17, 15) is 4.79 Å². The molecule has 0 bridgehead atoms. The molecule has 3 aliphatic heterocycles. The second-order valence-electron chi connectivity index (χ2n) is 12.7. The quantitative estimate of drug-likeness (QED) is 0.262. The van der Waals surface area contributed by atoms with E-state index in [1.165, 1.54) is 28.4 Å². The topological polar surface area (TPSA) is 74.3 Å². The summed E-state index contributed by atoms with van der Waals surface area (Å²) in [6, 6.07) is 23.7. The summed E-state index contributed by atoms with van der Waals surface area (Å²) in [6.07, 6.45) is 2.04. The number of aryl methyl sites for hydroxylation is 1. The van der Waals surface area contributed by atoms with Crippen LogP contribution in [-0.2, 0) is 24.4 Å². The summed E-state index contributed by atoms with van der Waals surface area (Å²) in [6.45, 7) is 9.47. The molecular weight excluding hydrogens is 564 g/mol. The molecule has 1 aromatic heterocycles. The van der Waals surface area contributed by atoms with Gasteiger partial charge in [-0.25, -0.2) is 4.79 Å². The number of hydrogen-bond donors (Lipinski definition) is 0. The summed E-state index contributed by atoms with van der Waals surface area (Å²) in [5.74, 6) is 0.916. The number of carbonyl (C=O) groups excluding carboxylic acids is 1. The van der Waals surface area contributed by atoms with Crippen molar-refractivity contribution in [2.45, 2.75) is 58.5 Å². The summed E-state index contributed by atoms with van der Waals surface area (Å²) in [4.78, 5) is 32.0. The first-order valence-electron chi connectivity index (χ1n) is 16.1. The molecule has 0 spiro atoms. The van der Waals surface area contributed by atoms with Crippen LogP contribution in [-0.4, -0.2) is 77.8 Å². The van der Waals surface area contributed by atoms with Gasteiger partial charge in [0, 0.05) is 54.9 Å². The van der Waals surface area contributed by atoms with Gasteiger partial charge in [-0.3, -0.25) is 0 Å². The molecule has 0 saturated carbocycles. The minimum Gasteiger partial charge on any atom is -0.462 e. The van der Waals surface area contributed by atoms with Gasteiger partial charge in [-0.2, -0.15) is 9.97 Å². The third-order valence-corrected chi connectivity index (χ3v) is 9.61. The number of benzene rings is 3. The summed E-state index contributed by atoms with van der Waals surface area (Å²) in [5.41, 5.74) is 5.61. The Hall–Kier alpha value is -4.37. The zero-order valence-electron chi connectivity index (χ0n) is 26.5. The first kappa shape index (κ1) is 29.3. The summed E-state index contributed by atoms with van der Waals surface area (Å²) < 4.78 is 12.0. The molecule has 2 saturated heterocycles. The van der Waals surface area contributed by atoms with Gasteiger partial charge in [-0.05, 0) is 62.9 Å². The van der Waals surface area contributed by atoms with Gasteiger partial charge in [-0.15, -0.1) is 0 Å². The molecule has 3 aliphatic rings. The number of ether oxygens (including phenoxy) is 2. The fourth-order valence-corrected chi connectivity index (χ4v) is 7.07. The molecule has 2 atom stereocenters. The van der Waals surface area contributed by atoms with Crippen molar-refractivity contribution in [1.29, 1.82) is 0 Å². The van der Waals surface area contributed by atoms with E-state index in [0.29, 0.717) is 44.8 Å². The molecule has 0 radical (unpaired) electrons. The average Bonchev–Trinajstić information content (AvgIpc) is 3.68. The van der Waals surface area contributed by atoms with Crippen LogP contribution in [0.4, 0.5) is 16.3 Å². The Balaban J connectivity index is 1.14. The first-order chi connectivity index (χ1) is 21.9. The predicted molar refractivity (Wildman–Crippen MR) is 177 cm³/mol. The number of piperazine rings is 1. The molecule has 45 heavy (non-hydrogen) atoms. The highest BCUT2D eigenvalue weighted by Crippen LogP contribution is 2.39. The molecule has 4 aromatic rings. The Kier molecular flexibility index (Phi) is 8.19. The van der Waals surface area contributed by atoms with Gasteiger partial charge in [-0.1, -0.05) is 60.7 Å². The number of fused-ring (bicyclic) bond motifs is 2. The van der Waals surface area contributed by atoms with Crippen molar-refractivity contribution in [3.63, 3.8) is 0 Å². The van der Waals surface area contributed by atoms with Gasteiger partial charge >= 0.3 is 12.1 Å². The average molecular weight is 607 g/mol. The SMILES string of the molecule is Cc1cccc2cccc(N3Cc4nc(OC[C@@H]5CCCN5C)nc(N5CCN(C(=O)OCc6ccccc6)C[C@@H]5C)c4C3)c12. The number of likely N-dealkylation sites (tertiary alicyclic amines) is 1. The number of carbonyl (C=O) groups is 1. The number of amides is 1. The predicted octanol–water partition coefficient (Wildman–Crippen LogP) is 5.78. The Bertz CT molecular complexity index is 1680. The van der Waals surface area contributed by atoms with Crippen LogP contribution in [0.2, 0.25) is 0 Å². The van der Waals surface area contributed by atoms with E-state index in [4.69, 9.17) is 19.4 Å². The van der Waals surface area contributed by atoms with Gasteiger partial charge in [0.1, 0.15) is 19.0 Å². The van der Waals surface area contributed by atoms with Crippen LogP contribution in [0.1, 0.15) is 42.1 Å². The molecule has 0 aliphatic carbocycles. The van der Waals surface area contributed by atoms with Gasteiger partial charge in [0.2, 0.25) is 0 Å². The van der Waals surface area contributed by atoms with Crippen LogP contribution in [0.5, 0.6) is 6.01 Å². The Labute approximate surface area is 265 Å². The van der Waals surface area contributed by atoms with E-state index >= 15 is 0 Å². The van der Waals surface area contributed by atoms with Gasteiger partial charge in [0.15, 0.2) is 0 Å². The van der Waals surface area contributed by atoms with Crippen LogP contribution >= 0.6 is 0 Å². The lowest BCUT2D eigenvalue weighted by Crippen LogP contribution is -2.54. The van der Waals surface area contributed by atoms with Gasteiger partial charge in [0.25, 0.3) is 0 Å². The van der Waals surface area contributed by atoms with E-state index in [-0.39, 0.29) is 18.7 Å². The lowest BCUT2D eigenvalue weighted by molar-refractivity contribution is 0.0897. The number of likely N-dealkylation sites (N-methyl/N-ethyl adjacent to an activating group) is 1. The Morgan fingerprint density at radius 3 is 2.56 bits per heavy atom. The molecule has 9 heteroatoms. The molecule has 0 N–H and O–H groups in total. The van der Waals surface area contributed by atoms with Crippen molar-refractivity contribution in [2.24, 2.45) is 0 Å². The fourth-order valence-electron chi connectivity index (χ4n) is 7.07. The molecular formula is C36H42N6O3. The smallest absolute Gasteiger partial charge is 0.410 e. The molecule has 234 valence electrons. The zero-order chi connectivity index (χ0) is 30.9. The number of anilines is 2.